The van der Waals surface area contributed by atoms with Crippen molar-refractivity contribution in [2.45, 2.75) is 25.9 Å². The van der Waals surface area contributed by atoms with Crippen LogP contribution >= 0.6 is 0 Å². The van der Waals surface area contributed by atoms with Crippen LogP contribution in [0.4, 0.5) is 8.78 Å². The molecule has 0 spiro atoms. The monoisotopic (exact) mass is 175 g/mol. The van der Waals surface area contributed by atoms with Crippen LogP contribution in [0.5, 0.6) is 0 Å². The molecule has 0 aliphatic carbocycles. The average Bonchev–Trinajstić information content (AvgIpc) is 2.33. The molecule has 1 atom stereocenters. The van der Waals surface area contributed by atoms with E-state index in [0.717, 1.165) is 4.57 Å². The van der Waals surface area contributed by atoms with Gasteiger partial charge in [-0.2, -0.15) is 8.78 Å². The summed E-state index contributed by atoms with van der Waals surface area (Å²) in [5.74, 6) is 0.333. The molecule has 1 aromatic rings. The molecule has 68 valence electrons. The summed E-state index contributed by atoms with van der Waals surface area (Å²) in [6.45, 7) is -0.772. The average molecular weight is 175 g/mol. The number of hydrogen-bond donors (Lipinski definition) is 1. The Morgan fingerprint density at radius 2 is 2.33 bits per heavy atom. The largest absolute Gasteiger partial charge is 0.328 e. The molecule has 1 aromatic heterocycles. The minimum Gasteiger partial charge on any atom is -0.328 e. The molecule has 1 rings (SSSR count). The molecule has 1 unspecified atom stereocenters. The lowest BCUT2D eigenvalue weighted by Crippen LogP contribution is -2.20. The van der Waals surface area contributed by atoms with E-state index in [1.54, 1.807) is 6.92 Å². The standard InChI is InChI=1S/C7H11F2N3/c1-5(10)4-6-11-2-3-12(6)7(8)9/h2-3,5,7H,4,10H2,1H3. The van der Waals surface area contributed by atoms with Crippen LogP contribution < -0.4 is 5.73 Å². The molecule has 0 aliphatic heterocycles. The fourth-order valence-corrected chi connectivity index (χ4v) is 0.968. The van der Waals surface area contributed by atoms with Gasteiger partial charge in [0, 0.05) is 24.9 Å². The summed E-state index contributed by atoms with van der Waals surface area (Å²) in [6, 6.07) is -0.148. The summed E-state index contributed by atoms with van der Waals surface area (Å²) in [5.41, 5.74) is 5.45. The van der Waals surface area contributed by atoms with Gasteiger partial charge >= 0.3 is 6.55 Å². The van der Waals surface area contributed by atoms with Crippen LogP contribution in [0.3, 0.4) is 0 Å². The highest BCUT2D eigenvalue weighted by atomic mass is 19.3. The highest BCUT2D eigenvalue weighted by Gasteiger charge is 2.11. The van der Waals surface area contributed by atoms with E-state index in [9.17, 15) is 8.78 Å². The van der Waals surface area contributed by atoms with Crippen LogP contribution in [0.2, 0.25) is 0 Å². The highest BCUT2D eigenvalue weighted by Crippen LogP contribution is 2.12. The lowest BCUT2D eigenvalue weighted by molar-refractivity contribution is 0.0668. The Hall–Kier alpha value is -0.970. The minimum atomic E-state index is -2.53. The first-order valence-electron chi connectivity index (χ1n) is 3.66. The Balaban J connectivity index is 2.77. The van der Waals surface area contributed by atoms with Crippen molar-refractivity contribution in [3.05, 3.63) is 18.2 Å². The lowest BCUT2D eigenvalue weighted by Gasteiger charge is -2.07. The first-order chi connectivity index (χ1) is 5.61. The van der Waals surface area contributed by atoms with Gasteiger partial charge in [0.2, 0.25) is 0 Å². The molecule has 0 aliphatic rings. The zero-order chi connectivity index (χ0) is 9.14. The van der Waals surface area contributed by atoms with Crippen molar-refractivity contribution < 1.29 is 8.78 Å². The van der Waals surface area contributed by atoms with E-state index in [1.165, 1.54) is 12.4 Å². The maximum atomic E-state index is 12.2. The molecule has 0 saturated heterocycles. The van der Waals surface area contributed by atoms with E-state index >= 15 is 0 Å². The predicted octanol–water partition coefficient (Wildman–Crippen LogP) is 1.17. The molecule has 5 heteroatoms. The summed E-state index contributed by atoms with van der Waals surface area (Å²) in [4.78, 5) is 3.78. The molecule has 0 radical (unpaired) electrons. The number of halogens is 2. The van der Waals surface area contributed by atoms with E-state index in [-0.39, 0.29) is 6.04 Å². The van der Waals surface area contributed by atoms with E-state index in [1.807, 2.05) is 0 Å². The van der Waals surface area contributed by atoms with Crippen molar-refractivity contribution in [2.75, 3.05) is 0 Å². The third kappa shape index (κ3) is 2.01. The van der Waals surface area contributed by atoms with E-state index < -0.39 is 6.55 Å². The number of nitrogens with two attached hydrogens (primary N) is 1. The van der Waals surface area contributed by atoms with Crippen molar-refractivity contribution in [1.29, 1.82) is 0 Å². The second-order valence-electron chi connectivity index (χ2n) is 2.71. The Kier molecular flexibility index (Phi) is 2.75. The van der Waals surface area contributed by atoms with Gasteiger partial charge in [0.1, 0.15) is 5.82 Å². The molecule has 0 bridgehead atoms. The summed E-state index contributed by atoms with van der Waals surface area (Å²) >= 11 is 0. The van der Waals surface area contributed by atoms with Crippen LogP contribution in [-0.4, -0.2) is 15.6 Å². The number of aromatic nitrogens is 2. The Morgan fingerprint density at radius 1 is 1.67 bits per heavy atom. The molecule has 12 heavy (non-hydrogen) atoms. The fourth-order valence-electron chi connectivity index (χ4n) is 0.968. The number of hydrogen-bond acceptors (Lipinski definition) is 2. The summed E-state index contributed by atoms with van der Waals surface area (Å²) in [5, 5.41) is 0. The van der Waals surface area contributed by atoms with Gasteiger partial charge in [-0.05, 0) is 6.92 Å². The molecule has 0 saturated carbocycles. The van der Waals surface area contributed by atoms with Gasteiger partial charge < -0.3 is 5.73 Å². The first-order valence-corrected chi connectivity index (χ1v) is 3.66. The summed E-state index contributed by atoms with van der Waals surface area (Å²) < 4.78 is 25.2. The van der Waals surface area contributed by atoms with Crippen molar-refractivity contribution in [3.63, 3.8) is 0 Å². The topological polar surface area (TPSA) is 43.8 Å². The van der Waals surface area contributed by atoms with Gasteiger partial charge in [-0.25, -0.2) is 4.98 Å². The van der Waals surface area contributed by atoms with Crippen LogP contribution in [0.15, 0.2) is 12.4 Å². The second-order valence-corrected chi connectivity index (χ2v) is 2.71. The number of imidazole rings is 1. The van der Waals surface area contributed by atoms with Gasteiger partial charge in [-0.15, -0.1) is 0 Å². The third-order valence-corrected chi connectivity index (χ3v) is 1.46. The number of rotatable bonds is 3. The first kappa shape index (κ1) is 9.12. The quantitative estimate of drug-likeness (QED) is 0.749. The number of alkyl halides is 2. The Morgan fingerprint density at radius 3 is 2.83 bits per heavy atom. The molecule has 0 fully saturated rings. The molecule has 0 aromatic carbocycles. The normalized spacial score (nSPS) is 13.8. The van der Waals surface area contributed by atoms with E-state index in [2.05, 4.69) is 4.98 Å². The molecule has 2 N–H and O–H groups in total. The zero-order valence-electron chi connectivity index (χ0n) is 6.74. The fraction of sp³-hybridized carbons (Fsp3) is 0.571. The SMILES string of the molecule is CC(N)Cc1nccn1C(F)F. The van der Waals surface area contributed by atoms with Crippen LogP contribution in [0.25, 0.3) is 0 Å². The van der Waals surface area contributed by atoms with Crippen molar-refractivity contribution in [1.82, 2.24) is 9.55 Å². The molecular formula is C7H11F2N3. The van der Waals surface area contributed by atoms with Crippen molar-refractivity contribution in [3.8, 4) is 0 Å². The van der Waals surface area contributed by atoms with Gasteiger partial charge in [0.25, 0.3) is 0 Å². The van der Waals surface area contributed by atoms with Gasteiger partial charge in [-0.3, -0.25) is 4.57 Å². The minimum absolute atomic E-state index is 0.148. The third-order valence-electron chi connectivity index (χ3n) is 1.46. The maximum Gasteiger partial charge on any atom is 0.319 e. The Bertz CT molecular complexity index is 245. The Labute approximate surface area is 69.2 Å². The van der Waals surface area contributed by atoms with Crippen molar-refractivity contribution >= 4 is 0 Å². The second kappa shape index (κ2) is 3.62. The highest BCUT2D eigenvalue weighted by molar-refractivity contribution is 4.94. The summed E-state index contributed by atoms with van der Waals surface area (Å²) in [7, 11) is 0. The maximum absolute atomic E-state index is 12.2. The van der Waals surface area contributed by atoms with Gasteiger partial charge in [0.05, 0.1) is 0 Å². The van der Waals surface area contributed by atoms with Crippen molar-refractivity contribution in [2.24, 2.45) is 5.73 Å². The van der Waals surface area contributed by atoms with Crippen LogP contribution in [-0.2, 0) is 6.42 Å². The zero-order valence-corrected chi connectivity index (χ0v) is 6.74. The summed E-state index contributed by atoms with van der Waals surface area (Å²) in [6.07, 6.45) is 2.98. The van der Waals surface area contributed by atoms with Gasteiger partial charge in [-0.1, -0.05) is 0 Å². The van der Waals surface area contributed by atoms with Crippen LogP contribution in [0.1, 0.15) is 19.3 Å². The smallest absolute Gasteiger partial charge is 0.319 e. The molecule has 3 nitrogen and oxygen atoms in total. The van der Waals surface area contributed by atoms with Crippen LogP contribution in [0, 0.1) is 0 Å². The number of nitrogens with zero attached hydrogens (tertiary/aromatic N) is 2. The van der Waals surface area contributed by atoms with E-state index in [4.69, 9.17) is 5.73 Å². The van der Waals surface area contributed by atoms with E-state index in [0.29, 0.717) is 12.2 Å². The molecule has 1 heterocycles. The predicted molar refractivity (Wildman–Crippen MR) is 40.8 cm³/mol. The molecule has 0 amide bonds. The lowest BCUT2D eigenvalue weighted by atomic mass is 10.2. The van der Waals surface area contributed by atoms with Gasteiger partial charge in [0.15, 0.2) is 0 Å². The molecular weight excluding hydrogens is 164 g/mol.